The van der Waals surface area contributed by atoms with Crippen LogP contribution in [-0.4, -0.2) is 20.7 Å². The van der Waals surface area contributed by atoms with Crippen LogP contribution in [0.5, 0.6) is 0 Å². The maximum Gasteiger partial charge on any atom is 0.293 e. The van der Waals surface area contributed by atoms with E-state index in [9.17, 15) is 4.79 Å². The number of carbonyl (C=O) groups is 1. The highest BCUT2D eigenvalue weighted by Gasteiger charge is 2.27. The van der Waals surface area contributed by atoms with Gasteiger partial charge in [0.05, 0.1) is 6.26 Å². The van der Waals surface area contributed by atoms with Crippen LogP contribution in [0.4, 0.5) is 11.9 Å². The third-order valence-electron chi connectivity index (χ3n) is 4.74. The molecule has 30 heavy (non-hydrogen) atoms. The topological polar surface area (TPSA) is 85.0 Å². The molecule has 0 fully saturated rings. The first-order chi connectivity index (χ1) is 14.7. The molecule has 1 aliphatic rings. The van der Waals surface area contributed by atoms with Crippen molar-refractivity contribution in [2.75, 3.05) is 10.6 Å². The maximum atomic E-state index is 12.3. The van der Waals surface area contributed by atoms with E-state index < -0.39 is 5.91 Å². The number of rotatable bonds is 4. The number of nitrogens with zero attached hydrogens (tertiary/aromatic N) is 3. The molecule has 0 saturated heterocycles. The largest absolute Gasteiger partial charge is 0.459 e. The second-order valence-corrected chi connectivity index (χ2v) is 7.08. The minimum atomic E-state index is -0.423. The number of hydrogen-bond acceptors (Lipinski definition) is 5. The Morgan fingerprint density at radius 3 is 2.63 bits per heavy atom. The molecule has 2 N–H and O–H groups in total. The van der Waals surface area contributed by atoms with E-state index in [4.69, 9.17) is 16.0 Å². The van der Waals surface area contributed by atoms with Crippen LogP contribution < -0.4 is 10.6 Å². The number of nitrogens with one attached hydrogen (secondary N) is 2. The van der Waals surface area contributed by atoms with E-state index in [2.05, 4.69) is 20.7 Å². The second-order valence-electron chi connectivity index (χ2n) is 6.67. The molecule has 0 saturated carbocycles. The Kier molecular flexibility index (Phi) is 4.57. The van der Waals surface area contributed by atoms with E-state index in [1.165, 1.54) is 6.26 Å². The molecule has 0 spiro atoms. The van der Waals surface area contributed by atoms with Crippen molar-refractivity contribution in [1.82, 2.24) is 14.8 Å². The van der Waals surface area contributed by atoms with Crippen molar-refractivity contribution in [3.8, 4) is 0 Å². The van der Waals surface area contributed by atoms with Crippen LogP contribution >= 0.6 is 11.6 Å². The van der Waals surface area contributed by atoms with Gasteiger partial charge in [0.25, 0.3) is 11.9 Å². The molecule has 0 bridgehead atoms. The summed E-state index contributed by atoms with van der Waals surface area (Å²) in [5.74, 6) is 0.421. The summed E-state index contributed by atoms with van der Waals surface area (Å²) >= 11 is 6.48. The number of anilines is 2. The predicted octanol–water partition coefficient (Wildman–Crippen LogP) is 4.83. The molecular formula is C22H16ClN5O2. The molecule has 148 valence electrons. The lowest BCUT2D eigenvalue weighted by molar-refractivity contribution is 0.0996. The molecule has 2 aromatic heterocycles. The normalized spacial score (nSPS) is 15.1. The molecule has 1 atom stereocenters. The van der Waals surface area contributed by atoms with Gasteiger partial charge >= 0.3 is 0 Å². The molecule has 2 aromatic carbocycles. The number of halogens is 1. The van der Waals surface area contributed by atoms with Crippen LogP contribution in [-0.2, 0) is 0 Å². The quantitative estimate of drug-likeness (QED) is 0.496. The van der Waals surface area contributed by atoms with Crippen LogP contribution in [0.15, 0.2) is 83.5 Å². The second kappa shape index (κ2) is 7.53. The molecular weight excluding hydrogens is 402 g/mol. The van der Waals surface area contributed by atoms with E-state index in [1.54, 1.807) is 16.8 Å². The third kappa shape index (κ3) is 3.35. The number of carbonyl (C=O) groups excluding carboxylic acids is 1. The highest BCUT2D eigenvalue weighted by molar-refractivity contribution is 6.31. The van der Waals surface area contributed by atoms with Crippen molar-refractivity contribution in [3.63, 3.8) is 0 Å². The fourth-order valence-corrected chi connectivity index (χ4v) is 3.59. The number of hydrogen-bond donors (Lipinski definition) is 2. The monoisotopic (exact) mass is 417 g/mol. The van der Waals surface area contributed by atoms with Crippen molar-refractivity contribution in [2.24, 2.45) is 0 Å². The van der Waals surface area contributed by atoms with Crippen molar-refractivity contribution < 1.29 is 9.21 Å². The lowest BCUT2D eigenvalue weighted by Gasteiger charge is -2.24. The summed E-state index contributed by atoms with van der Waals surface area (Å²) in [6.45, 7) is 0. The van der Waals surface area contributed by atoms with Crippen LogP contribution in [0.25, 0.3) is 5.70 Å². The molecule has 0 aliphatic carbocycles. The van der Waals surface area contributed by atoms with E-state index in [-0.39, 0.29) is 17.8 Å². The number of furan rings is 1. The average molecular weight is 418 g/mol. The minimum absolute atomic E-state index is 0.165. The Morgan fingerprint density at radius 2 is 1.87 bits per heavy atom. The van der Waals surface area contributed by atoms with Gasteiger partial charge in [-0.25, -0.2) is 4.68 Å². The lowest BCUT2D eigenvalue weighted by Crippen LogP contribution is -2.20. The summed E-state index contributed by atoms with van der Waals surface area (Å²) in [5, 5.41) is 11.1. The number of allylic oxidation sites excluding steroid dienone is 1. The Morgan fingerprint density at radius 1 is 1.07 bits per heavy atom. The number of aromatic nitrogens is 3. The van der Waals surface area contributed by atoms with Crippen LogP contribution in [0.1, 0.15) is 27.7 Å². The molecule has 3 heterocycles. The van der Waals surface area contributed by atoms with E-state index in [1.807, 2.05) is 60.7 Å². The molecule has 5 rings (SSSR count). The maximum absolute atomic E-state index is 12.3. The van der Waals surface area contributed by atoms with Gasteiger partial charge in [-0.2, -0.15) is 4.98 Å². The van der Waals surface area contributed by atoms with E-state index in [0.717, 1.165) is 16.8 Å². The van der Waals surface area contributed by atoms with E-state index in [0.29, 0.717) is 11.0 Å². The summed E-state index contributed by atoms with van der Waals surface area (Å²) < 4.78 is 6.83. The molecule has 1 amide bonds. The van der Waals surface area contributed by atoms with Gasteiger partial charge < -0.3 is 9.73 Å². The highest BCUT2D eigenvalue weighted by Crippen LogP contribution is 2.35. The summed E-state index contributed by atoms with van der Waals surface area (Å²) in [5.41, 5.74) is 2.76. The smallest absolute Gasteiger partial charge is 0.293 e. The van der Waals surface area contributed by atoms with Gasteiger partial charge in [0, 0.05) is 10.7 Å². The summed E-state index contributed by atoms with van der Waals surface area (Å²) in [6, 6.07) is 20.4. The average Bonchev–Trinajstić information content (AvgIpc) is 3.44. The van der Waals surface area contributed by atoms with Gasteiger partial charge in [-0.3, -0.25) is 10.1 Å². The zero-order chi connectivity index (χ0) is 20.5. The van der Waals surface area contributed by atoms with Crippen LogP contribution in [0, 0.1) is 0 Å². The summed E-state index contributed by atoms with van der Waals surface area (Å²) in [6.07, 6.45) is 3.47. The highest BCUT2D eigenvalue weighted by atomic mass is 35.5. The number of fused-ring (bicyclic) bond motifs is 1. The minimum Gasteiger partial charge on any atom is -0.459 e. The van der Waals surface area contributed by atoms with Crippen molar-refractivity contribution in [1.29, 1.82) is 0 Å². The van der Waals surface area contributed by atoms with Gasteiger partial charge in [-0.15, -0.1) is 5.10 Å². The van der Waals surface area contributed by atoms with Gasteiger partial charge in [-0.05, 0) is 35.4 Å². The Labute approximate surface area is 177 Å². The number of amides is 1. The Balaban J connectivity index is 1.55. The summed E-state index contributed by atoms with van der Waals surface area (Å²) in [7, 11) is 0. The third-order valence-corrected chi connectivity index (χ3v) is 5.09. The van der Waals surface area contributed by atoms with Crippen molar-refractivity contribution >= 4 is 35.1 Å². The lowest BCUT2D eigenvalue weighted by atomic mass is 10.0. The fraction of sp³-hybridized carbons (Fsp3) is 0.0455. The Hall–Kier alpha value is -3.84. The van der Waals surface area contributed by atoms with Gasteiger partial charge in [0.1, 0.15) is 6.04 Å². The van der Waals surface area contributed by atoms with Gasteiger partial charge in [-0.1, -0.05) is 60.1 Å². The fourth-order valence-electron chi connectivity index (χ4n) is 3.34. The first-order valence-corrected chi connectivity index (χ1v) is 9.67. The molecule has 7 nitrogen and oxygen atoms in total. The molecule has 4 aromatic rings. The zero-order valence-corrected chi connectivity index (χ0v) is 16.4. The van der Waals surface area contributed by atoms with Crippen molar-refractivity contribution in [2.45, 2.75) is 6.04 Å². The SMILES string of the molecule is O=C(Nc1nc2n(n1)C(c1ccccc1Cl)C=C(c1ccccc1)N2)c1ccco1. The number of benzene rings is 2. The summed E-state index contributed by atoms with van der Waals surface area (Å²) in [4.78, 5) is 16.8. The standard InChI is InChI=1S/C22H16ClN5O2/c23-16-10-5-4-9-15(16)18-13-17(14-7-2-1-3-8-14)24-22-26-21(27-28(18)22)25-20(29)19-11-6-12-30-19/h1-13,18H,(H2,24,25,26,27,29). The molecule has 1 aliphatic heterocycles. The molecule has 0 radical (unpaired) electrons. The first kappa shape index (κ1) is 18.2. The van der Waals surface area contributed by atoms with Crippen LogP contribution in [0.3, 0.4) is 0 Å². The Bertz CT molecular complexity index is 1230. The first-order valence-electron chi connectivity index (χ1n) is 9.29. The molecule has 1 unspecified atom stereocenters. The zero-order valence-electron chi connectivity index (χ0n) is 15.6. The van der Waals surface area contributed by atoms with Gasteiger partial charge in [0.15, 0.2) is 5.76 Å². The van der Waals surface area contributed by atoms with E-state index >= 15 is 0 Å². The molecule has 8 heteroatoms. The van der Waals surface area contributed by atoms with Crippen LogP contribution in [0.2, 0.25) is 5.02 Å². The predicted molar refractivity (Wildman–Crippen MR) is 114 cm³/mol. The van der Waals surface area contributed by atoms with Crippen molar-refractivity contribution in [3.05, 3.63) is 101 Å². The van der Waals surface area contributed by atoms with Gasteiger partial charge in [0.2, 0.25) is 5.95 Å².